The standard InChI is InChI=1S/C15H18ClIN2O/c1-10(16)15-18-13-8-12(17)4-5-14(13)19(15)6-7-20-9-11-2-3-11/h4-5,8,10-11H,2-3,6-7,9H2,1H3. The normalized spacial score (nSPS) is 16.8. The third-order valence-corrected chi connectivity index (χ3v) is 4.47. The van der Waals surface area contributed by atoms with Crippen LogP contribution in [0.15, 0.2) is 18.2 Å². The van der Waals surface area contributed by atoms with E-state index in [1.165, 1.54) is 16.4 Å². The van der Waals surface area contributed by atoms with Crippen LogP contribution in [0.3, 0.4) is 0 Å². The molecule has 3 rings (SSSR count). The number of imidazole rings is 1. The van der Waals surface area contributed by atoms with E-state index in [0.717, 1.165) is 42.5 Å². The third kappa shape index (κ3) is 3.28. The van der Waals surface area contributed by atoms with Gasteiger partial charge in [0.2, 0.25) is 0 Å². The number of nitrogens with zero attached hydrogens (tertiary/aromatic N) is 2. The average Bonchev–Trinajstić information content (AvgIpc) is 3.15. The van der Waals surface area contributed by atoms with Crippen molar-refractivity contribution in [2.75, 3.05) is 13.2 Å². The van der Waals surface area contributed by atoms with Crippen LogP contribution in [-0.4, -0.2) is 22.8 Å². The zero-order chi connectivity index (χ0) is 14.1. The van der Waals surface area contributed by atoms with E-state index in [2.05, 4.69) is 50.3 Å². The highest BCUT2D eigenvalue weighted by Gasteiger charge is 2.21. The van der Waals surface area contributed by atoms with Crippen LogP contribution in [0.2, 0.25) is 0 Å². The molecule has 1 aromatic heterocycles. The average molecular weight is 405 g/mol. The number of hydrogen-bond donors (Lipinski definition) is 0. The Morgan fingerprint density at radius 3 is 3.00 bits per heavy atom. The van der Waals surface area contributed by atoms with E-state index < -0.39 is 0 Å². The van der Waals surface area contributed by atoms with Gasteiger partial charge in [0.1, 0.15) is 5.82 Å². The lowest BCUT2D eigenvalue weighted by Crippen LogP contribution is -2.11. The van der Waals surface area contributed by atoms with E-state index in [1.807, 2.05) is 6.92 Å². The lowest BCUT2D eigenvalue weighted by atomic mass is 10.3. The summed E-state index contributed by atoms with van der Waals surface area (Å²) in [6.45, 7) is 4.41. The highest BCUT2D eigenvalue weighted by atomic mass is 127. The second-order valence-electron chi connectivity index (χ2n) is 5.39. The second kappa shape index (κ2) is 6.20. The fourth-order valence-corrected chi connectivity index (χ4v) is 2.99. The molecule has 0 amide bonds. The summed E-state index contributed by atoms with van der Waals surface area (Å²) >= 11 is 8.57. The van der Waals surface area contributed by atoms with Crippen LogP contribution in [0, 0.1) is 9.49 Å². The van der Waals surface area contributed by atoms with Gasteiger partial charge in [-0.1, -0.05) is 0 Å². The molecule has 2 aromatic rings. The molecule has 1 aromatic carbocycles. The highest BCUT2D eigenvalue weighted by molar-refractivity contribution is 14.1. The number of benzene rings is 1. The van der Waals surface area contributed by atoms with Gasteiger partial charge in [-0.15, -0.1) is 11.6 Å². The molecule has 3 nitrogen and oxygen atoms in total. The molecule has 5 heteroatoms. The van der Waals surface area contributed by atoms with E-state index in [4.69, 9.17) is 16.3 Å². The van der Waals surface area contributed by atoms with Crippen molar-refractivity contribution in [3.8, 4) is 0 Å². The van der Waals surface area contributed by atoms with Gasteiger partial charge < -0.3 is 9.30 Å². The molecule has 0 spiro atoms. The first-order valence-electron chi connectivity index (χ1n) is 7.02. The first-order chi connectivity index (χ1) is 9.65. The van der Waals surface area contributed by atoms with Gasteiger partial charge >= 0.3 is 0 Å². The molecule has 1 heterocycles. The van der Waals surface area contributed by atoms with E-state index in [0.29, 0.717) is 0 Å². The van der Waals surface area contributed by atoms with Crippen LogP contribution < -0.4 is 0 Å². The predicted octanol–water partition coefficient (Wildman–Crippen LogP) is 4.37. The smallest absolute Gasteiger partial charge is 0.127 e. The number of hydrogen-bond acceptors (Lipinski definition) is 2. The Balaban J connectivity index is 1.80. The molecular formula is C15H18ClIN2O. The van der Waals surface area contributed by atoms with Crippen LogP contribution in [0.25, 0.3) is 11.0 Å². The van der Waals surface area contributed by atoms with Crippen LogP contribution in [-0.2, 0) is 11.3 Å². The van der Waals surface area contributed by atoms with Crippen molar-refractivity contribution >= 4 is 45.2 Å². The summed E-state index contributed by atoms with van der Waals surface area (Å²) < 4.78 is 9.13. The third-order valence-electron chi connectivity index (χ3n) is 3.61. The number of fused-ring (bicyclic) bond motifs is 1. The van der Waals surface area contributed by atoms with Crippen molar-refractivity contribution in [2.24, 2.45) is 5.92 Å². The largest absolute Gasteiger partial charge is 0.379 e. The summed E-state index contributed by atoms with van der Waals surface area (Å²) in [6, 6.07) is 6.32. The van der Waals surface area contributed by atoms with Gasteiger partial charge in [-0.25, -0.2) is 4.98 Å². The summed E-state index contributed by atoms with van der Waals surface area (Å²) in [6.07, 6.45) is 2.66. The SMILES string of the molecule is CC(Cl)c1nc2cc(I)ccc2n1CCOCC1CC1. The molecule has 1 saturated carbocycles. The topological polar surface area (TPSA) is 27.1 Å². The summed E-state index contributed by atoms with van der Waals surface area (Å²) in [4.78, 5) is 4.67. The molecule has 20 heavy (non-hydrogen) atoms. The van der Waals surface area contributed by atoms with Crippen LogP contribution in [0.4, 0.5) is 0 Å². The molecule has 1 aliphatic carbocycles. The van der Waals surface area contributed by atoms with Crippen molar-refractivity contribution in [1.82, 2.24) is 9.55 Å². The monoisotopic (exact) mass is 404 g/mol. The maximum atomic E-state index is 6.27. The number of ether oxygens (including phenoxy) is 1. The van der Waals surface area contributed by atoms with Gasteiger partial charge in [-0.3, -0.25) is 0 Å². The molecule has 1 atom stereocenters. The van der Waals surface area contributed by atoms with E-state index in [-0.39, 0.29) is 5.38 Å². The van der Waals surface area contributed by atoms with Crippen molar-refractivity contribution in [2.45, 2.75) is 31.7 Å². The minimum absolute atomic E-state index is 0.0940. The number of aromatic nitrogens is 2. The van der Waals surface area contributed by atoms with Crippen molar-refractivity contribution in [1.29, 1.82) is 0 Å². The van der Waals surface area contributed by atoms with Gasteiger partial charge in [-0.2, -0.15) is 0 Å². The molecule has 0 aliphatic heterocycles. The van der Waals surface area contributed by atoms with Gasteiger partial charge in [-0.05, 0) is 66.5 Å². The van der Waals surface area contributed by atoms with E-state index in [9.17, 15) is 0 Å². The quantitative estimate of drug-likeness (QED) is 0.406. The molecule has 1 fully saturated rings. The zero-order valence-electron chi connectivity index (χ0n) is 11.5. The Kier molecular flexibility index (Phi) is 4.52. The fraction of sp³-hybridized carbons (Fsp3) is 0.533. The van der Waals surface area contributed by atoms with Crippen molar-refractivity contribution in [3.63, 3.8) is 0 Å². The Morgan fingerprint density at radius 1 is 1.50 bits per heavy atom. The molecule has 108 valence electrons. The van der Waals surface area contributed by atoms with Crippen molar-refractivity contribution < 1.29 is 4.74 Å². The Hall–Kier alpha value is -0.330. The lowest BCUT2D eigenvalue weighted by Gasteiger charge is -2.11. The molecule has 0 radical (unpaired) electrons. The fourth-order valence-electron chi connectivity index (χ4n) is 2.35. The van der Waals surface area contributed by atoms with Crippen molar-refractivity contribution in [3.05, 3.63) is 27.6 Å². The number of rotatable bonds is 6. The highest BCUT2D eigenvalue weighted by Crippen LogP contribution is 2.29. The molecular weight excluding hydrogens is 387 g/mol. The van der Waals surface area contributed by atoms with Gasteiger partial charge in [0, 0.05) is 16.7 Å². The minimum atomic E-state index is -0.0940. The molecule has 0 saturated heterocycles. The van der Waals surface area contributed by atoms with Crippen LogP contribution in [0.5, 0.6) is 0 Å². The summed E-state index contributed by atoms with van der Waals surface area (Å²) in [5.41, 5.74) is 2.16. The Bertz CT molecular complexity index is 607. The number of halogens is 2. The molecule has 0 bridgehead atoms. The predicted molar refractivity (Wildman–Crippen MR) is 90.3 cm³/mol. The molecule has 1 unspecified atom stereocenters. The van der Waals surface area contributed by atoms with Crippen LogP contribution >= 0.6 is 34.2 Å². The minimum Gasteiger partial charge on any atom is -0.379 e. The van der Waals surface area contributed by atoms with Gasteiger partial charge in [0.15, 0.2) is 0 Å². The molecule has 1 aliphatic rings. The summed E-state index contributed by atoms with van der Waals surface area (Å²) in [5.74, 6) is 1.74. The van der Waals surface area contributed by atoms with Gasteiger partial charge in [0.25, 0.3) is 0 Å². The lowest BCUT2D eigenvalue weighted by molar-refractivity contribution is 0.117. The summed E-state index contributed by atoms with van der Waals surface area (Å²) in [5, 5.41) is -0.0940. The van der Waals surface area contributed by atoms with E-state index in [1.54, 1.807) is 0 Å². The first-order valence-corrected chi connectivity index (χ1v) is 8.54. The maximum Gasteiger partial charge on any atom is 0.127 e. The van der Waals surface area contributed by atoms with Crippen LogP contribution in [0.1, 0.15) is 31.0 Å². The Morgan fingerprint density at radius 2 is 2.30 bits per heavy atom. The summed E-state index contributed by atoms with van der Waals surface area (Å²) in [7, 11) is 0. The van der Waals surface area contributed by atoms with Gasteiger partial charge in [0.05, 0.1) is 23.0 Å². The second-order valence-corrected chi connectivity index (χ2v) is 7.29. The molecule has 0 N–H and O–H groups in total. The van der Waals surface area contributed by atoms with E-state index >= 15 is 0 Å². The first kappa shape index (κ1) is 14.6. The number of alkyl halides is 1. The zero-order valence-corrected chi connectivity index (χ0v) is 14.4. The Labute approximate surface area is 137 Å². The maximum absolute atomic E-state index is 6.27.